The zero-order valence-corrected chi connectivity index (χ0v) is 9.36. The summed E-state index contributed by atoms with van der Waals surface area (Å²) in [6.07, 6.45) is -0.310. The molecule has 2 rings (SSSR count). The second-order valence-electron chi connectivity index (χ2n) is 3.86. The molecule has 0 amide bonds. The van der Waals surface area contributed by atoms with Crippen molar-refractivity contribution in [2.75, 3.05) is 0 Å². The van der Waals surface area contributed by atoms with E-state index in [0.29, 0.717) is 6.42 Å². The lowest BCUT2D eigenvalue weighted by atomic mass is 10.0. The van der Waals surface area contributed by atoms with Crippen LogP contribution in [0.4, 0.5) is 4.39 Å². The molecule has 16 heavy (non-hydrogen) atoms. The smallest absolute Gasteiger partial charge is 0.125 e. The number of halogens is 1. The molecule has 0 N–H and O–H groups in total. The monoisotopic (exact) mass is 214 g/mol. The van der Waals surface area contributed by atoms with Crippen molar-refractivity contribution in [1.82, 2.24) is 0 Å². The summed E-state index contributed by atoms with van der Waals surface area (Å²) in [6, 6.07) is 17.8. The van der Waals surface area contributed by atoms with Crippen LogP contribution in [0, 0.1) is 0 Å². The minimum atomic E-state index is -0.843. The van der Waals surface area contributed by atoms with E-state index >= 15 is 0 Å². The molecule has 0 fully saturated rings. The van der Waals surface area contributed by atoms with Gasteiger partial charge in [0.25, 0.3) is 0 Å². The first-order chi connectivity index (χ1) is 7.81. The highest BCUT2D eigenvalue weighted by Gasteiger charge is 2.06. The average Bonchev–Trinajstić information content (AvgIpc) is 2.39. The fraction of sp³-hybridized carbons (Fsp3) is 0.200. The van der Waals surface area contributed by atoms with Crippen molar-refractivity contribution < 1.29 is 4.39 Å². The van der Waals surface area contributed by atoms with Gasteiger partial charge < -0.3 is 0 Å². The van der Waals surface area contributed by atoms with Gasteiger partial charge in [0.15, 0.2) is 0 Å². The molecule has 0 nitrogen and oxygen atoms in total. The lowest BCUT2D eigenvalue weighted by molar-refractivity contribution is 0.334. The fourth-order valence-corrected chi connectivity index (χ4v) is 1.75. The maximum atomic E-state index is 13.4. The largest absolute Gasteiger partial charge is 0.242 e. The second kappa shape index (κ2) is 4.93. The van der Waals surface area contributed by atoms with Crippen LogP contribution in [0.25, 0.3) is 11.1 Å². The highest BCUT2D eigenvalue weighted by Crippen LogP contribution is 2.24. The summed E-state index contributed by atoms with van der Waals surface area (Å²) in [6.45, 7) is 1.86. The van der Waals surface area contributed by atoms with Crippen molar-refractivity contribution in [3.8, 4) is 11.1 Å². The maximum Gasteiger partial charge on any atom is 0.125 e. The van der Waals surface area contributed by atoms with Crippen molar-refractivity contribution >= 4 is 0 Å². The van der Waals surface area contributed by atoms with Crippen molar-refractivity contribution in [3.63, 3.8) is 0 Å². The van der Waals surface area contributed by atoms with Gasteiger partial charge in [0.05, 0.1) is 0 Å². The van der Waals surface area contributed by atoms with Crippen LogP contribution >= 0.6 is 0 Å². The number of alkyl halides is 1. The van der Waals surface area contributed by atoms with Gasteiger partial charge in [-0.1, -0.05) is 61.5 Å². The SMILES string of the molecule is CC[C@H](F)c1ccc(-c2ccccc2)cc1. The zero-order valence-electron chi connectivity index (χ0n) is 9.36. The molecule has 2 aromatic rings. The predicted octanol–water partition coefficient (Wildman–Crippen LogP) is 4.77. The Labute approximate surface area is 95.7 Å². The molecule has 0 heterocycles. The van der Waals surface area contributed by atoms with E-state index in [4.69, 9.17) is 0 Å². The van der Waals surface area contributed by atoms with Crippen LogP contribution in [0.1, 0.15) is 25.1 Å². The molecule has 0 aliphatic heterocycles. The van der Waals surface area contributed by atoms with E-state index in [9.17, 15) is 4.39 Å². The number of hydrogen-bond acceptors (Lipinski definition) is 0. The molecule has 0 saturated carbocycles. The van der Waals surface area contributed by atoms with Gasteiger partial charge in [-0.25, -0.2) is 4.39 Å². The van der Waals surface area contributed by atoms with E-state index in [0.717, 1.165) is 11.1 Å². The van der Waals surface area contributed by atoms with E-state index in [1.807, 2.05) is 49.4 Å². The Morgan fingerprint density at radius 3 is 2.00 bits per heavy atom. The normalized spacial score (nSPS) is 12.4. The Kier molecular flexibility index (Phi) is 3.35. The van der Waals surface area contributed by atoms with Crippen LogP contribution in [0.2, 0.25) is 0 Å². The molecule has 0 unspecified atom stereocenters. The Bertz CT molecular complexity index is 431. The van der Waals surface area contributed by atoms with Gasteiger partial charge in [-0.15, -0.1) is 0 Å². The van der Waals surface area contributed by atoms with Crippen molar-refractivity contribution in [2.24, 2.45) is 0 Å². The highest BCUT2D eigenvalue weighted by atomic mass is 19.1. The third-order valence-corrected chi connectivity index (χ3v) is 2.74. The summed E-state index contributed by atoms with van der Waals surface area (Å²) in [7, 11) is 0. The first-order valence-electron chi connectivity index (χ1n) is 5.60. The molecular weight excluding hydrogens is 199 g/mol. The number of hydrogen-bond donors (Lipinski definition) is 0. The molecule has 0 bridgehead atoms. The van der Waals surface area contributed by atoms with Gasteiger partial charge in [0.2, 0.25) is 0 Å². The molecule has 1 heteroatoms. The second-order valence-corrected chi connectivity index (χ2v) is 3.86. The molecule has 1 atom stereocenters. The third-order valence-electron chi connectivity index (χ3n) is 2.74. The average molecular weight is 214 g/mol. The lowest BCUT2D eigenvalue weighted by Crippen LogP contribution is -1.88. The topological polar surface area (TPSA) is 0 Å². The van der Waals surface area contributed by atoms with E-state index in [2.05, 4.69) is 12.1 Å². The zero-order chi connectivity index (χ0) is 11.4. The molecule has 2 aromatic carbocycles. The highest BCUT2D eigenvalue weighted by molar-refractivity contribution is 5.63. The van der Waals surface area contributed by atoms with Crippen LogP contribution in [0.3, 0.4) is 0 Å². The fourth-order valence-electron chi connectivity index (χ4n) is 1.75. The summed E-state index contributed by atoms with van der Waals surface area (Å²) in [5.74, 6) is 0. The van der Waals surface area contributed by atoms with Gasteiger partial charge in [-0.05, 0) is 23.1 Å². The molecule has 82 valence electrons. The first kappa shape index (κ1) is 10.9. The van der Waals surface area contributed by atoms with Gasteiger partial charge in [-0.2, -0.15) is 0 Å². The Morgan fingerprint density at radius 1 is 0.875 bits per heavy atom. The molecule has 0 aliphatic carbocycles. The van der Waals surface area contributed by atoms with E-state index in [-0.39, 0.29) is 0 Å². The lowest BCUT2D eigenvalue weighted by Gasteiger charge is -2.07. The molecule has 0 aromatic heterocycles. The standard InChI is InChI=1S/C15H15F/c1-2-15(16)14-10-8-13(9-11-14)12-6-4-3-5-7-12/h3-11,15H,2H2,1H3/t15-/m0/s1. The Hall–Kier alpha value is -1.63. The van der Waals surface area contributed by atoms with E-state index < -0.39 is 6.17 Å². The first-order valence-corrected chi connectivity index (χ1v) is 5.60. The molecule has 0 radical (unpaired) electrons. The minimum absolute atomic E-state index is 0.532. The van der Waals surface area contributed by atoms with Crippen molar-refractivity contribution in [2.45, 2.75) is 19.5 Å². The van der Waals surface area contributed by atoms with Crippen LogP contribution in [-0.4, -0.2) is 0 Å². The minimum Gasteiger partial charge on any atom is -0.242 e. The molecule has 0 spiro atoms. The van der Waals surface area contributed by atoms with Crippen LogP contribution in [-0.2, 0) is 0 Å². The van der Waals surface area contributed by atoms with Crippen molar-refractivity contribution in [3.05, 3.63) is 60.2 Å². The predicted molar refractivity (Wildman–Crippen MR) is 66.0 cm³/mol. The van der Waals surface area contributed by atoms with Crippen LogP contribution in [0.5, 0.6) is 0 Å². The third kappa shape index (κ3) is 2.30. The van der Waals surface area contributed by atoms with Crippen LogP contribution in [0.15, 0.2) is 54.6 Å². The van der Waals surface area contributed by atoms with Gasteiger partial charge in [0.1, 0.15) is 6.17 Å². The van der Waals surface area contributed by atoms with Crippen LogP contribution < -0.4 is 0 Å². The van der Waals surface area contributed by atoms with E-state index in [1.54, 1.807) is 0 Å². The summed E-state index contributed by atoms with van der Waals surface area (Å²) in [5.41, 5.74) is 3.07. The van der Waals surface area contributed by atoms with Gasteiger partial charge >= 0.3 is 0 Å². The summed E-state index contributed by atoms with van der Waals surface area (Å²) < 4.78 is 13.4. The number of benzene rings is 2. The van der Waals surface area contributed by atoms with Gasteiger partial charge in [0, 0.05) is 0 Å². The summed E-state index contributed by atoms with van der Waals surface area (Å²) >= 11 is 0. The molecule has 0 aliphatic rings. The quantitative estimate of drug-likeness (QED) is 0.690. The van der Waals surface area contributed by atoms with E-state index in [1.165, 1.54) is 5.56 Å². The number of rotatable bonds is 3. The maximum absolute atomic E-state index is 13.4. The summed E-state index contributed by atoms with van der Waals surface area (Å²) in [5, 5.41) is 0. The Morgan fingerprint density at radius 2 is 1.44 bits per heavy atom. The molecule has 0 saturated heterocycles. The Balaban J connectivity index is 2.26. The molecular formula is C15H15F. The summed E-state index contributed by atoms with van der Waals surface area (Å²) in [4.78, 5) is 0. The van der Waals surface area contributed by atoms with Crippen molar-refractivity contribution in [1.29, 1.82) is 0 Å². The van der Waals surface area contributed by atoms with Gasteiger partial charge in [-0.3, -0.25) is 0 Å².